The second-order valence-electron chi connectivity index (χ2n) is 8.58. The number of amides is 4. The van der Waals surface area contributed by atoms with Crippen molar-refractivity contribution in [3.8, 4) is 0 Å². The second-order valence-corrected chi connectivity index (χ2v) is 8.58. The highest BCUT2D eigenvalue weighted by Crippen LogP contribution is 2.25. The third-order valence-electron chi connectivity index (χ3n) is 4.89. The second kappa shape index (κ2) is 8.70. The van der Waals surface area contributed by atoms with Crippen molar-refractivity contribution >= 4 is 29.4 Å². The monoisotopic (exact) mass is 394 g/mol. The maximum absolute atomic E-state index is 13.0. The minimum absolute atomic E-state index is 0.0678. The number of hydrogen-bond acceptors (Lipinski definition) is 5. The summed E-state index contributed by atoms with van der Waals surface area (Å²) in [5.41, 5.74) is -0.525. The molecule has 3 N–H and O–H groups in total. The number of ketones is 1. The minimum Gasteiger partial charge on any atom is -0.347 e. The molecule has 0 aromatic heterocycles. The highest BCUT2D eigenvalue weighted by molar-refractivity contribution is 6.37. The van der Waals surface area contributed by atoms with Gasteiger partial charge >= 0.3 is 0 Å². The molecular formula is C19H30N4O5. The quantitative estimate of drug-likeness (QED) is 0.502. The Kier molecular flexibility index (Phi) is 6.79. The number of nitrogens with zero attached hydrogens (tertiary/aromatic N) is 1. The first kappa shape index (κ1) is 21.8. The van der Waals surface area contributed by atoms with Gasteiger partial charge in [0.05, 0.1) is 6.54 Å². The van der Waals surface area contributed by atoms with Crippen LogP contribution in [0, 0.1) is 5.41 Å². The fourth-order valence-corrected chi connectivity index (χ4v) is 3.18. The molecule has 1 saturated carbocycles. The molecule has 1 aliphatic heterocycles. The molecule has 1 saturated heterocycles. The van der Waals surface area contributed by atoms with Crippen LogP contribution in [0.3, 0.4) is 0 Å². The van der Waals surface area contributed by atoms with Crippen molar-refractivity contribution in [3.63, 3.8) is 0 Å². The van der Waals surface area contributed by atoms with Crippen LogP contribution in [-0.4, -0.2) is 65.5 Å². The Morgan fingerprint density at radius 1 is 1.07 bits per heavy atom. The van der Waals surface area contributed by atoms with Crippen LogP contribution in [0.2, 0.25) is 0 Å². The standard InChI is InChI=1S/C19H30N4O5/c1-11(24)21-15(19(2,3)4)18(28)23-9-5-6-13(23)16(26)20-10-14(25)17(27)22-12-7-8-12/h12-13,15H,5-10H2,1-4H3,(H,20,26)(H,21,24)(H,22,27). The summed E-state index contributed by atoms with van der Waals surface area (Å²) in [5, 5.41) is 7.73. The highest BCUT2D eigenvalue weighted by atomic mass is 16.2. The van der Waals surface area contributed by atoms with Gasteiger partial charge in [-0.05, 0) is 31.1 Å². The first-order valence-corrected chi connectivity index (χ1v) is 9.69. The van der Waals surface area contributed by atoms with Crippen LogP contribution in [0.5, 0.6) is 0 Å². The fourth-order valence-electron chi connectivity index (χ4n) is 3.18. The van der Waals surface area contributed by atoms with E-state index in [2.05, 4.69) is 16.0 Å². The molecule has 28 heavy (non-hydrogen) atoms. The topological polar surface area (TPSA) is 125 Å². The molecule has 156 valence electrons. The normalized spacial score (nSPS) is 20.3. The zero-order chi connectivity index (χ0) is 21.1. The molecule has 1 heterocycles. The molecule has 2 atom stereocenters. The van der Waals surface area contributed by atoms with Crippen LogP contribution in [0.1, 0.15) is 53.4 Å². The van der Waals surface area contributed by atoms with Gasteiger partial charge in [-0.25, -0.2) is 0 Å². The zero-order valence-electron chi connectivity index (χ0n) is 17.0. The lowest BCUT2D eigenvalue weighted by atomic mass is 9.85. The van der Waals surface area contributed by atoms with Crippen LogP contribution < -0.4 is 16.0 Å². The van der Waals surface area contributed by atoms with Gasteiger partial charge in [0, 0.05) is 19.5 Å². The highest BCUT2D eigenvalue weighted by Gasteiger charge is 2.41. The van der Waals surface area contributed by atoms with Crippen molar-refractivity contribution in [1.82, 2.24) is 20.9 Å². The molecule has 0 radical (unpaired) electrons. The molecule has 0 bridgehead atoms. The lowest BCUT2D eigenvalue weighted by Gasteiger charge is -2.35. The van der Waals surface area contributed by atoms with Crippen molar-refractivity contribution in [2.24, 2.45) is 5.41 Å². The number of likely N-dealkylation sites (tertiary alicyclic amines) is 1. The van der Waals surface area contributed by atoms with Crippen molar-refractivity contribution in [3.05, 3.63) is 0 Å². The van der Waals surface area contributed by atoms with Gasteiger partial charge in [0.2, 0.25) is 23.5 Å². The molecule has 2 fully saturated rings. The summed E-state index contributed by atoms with van der Waals surface area (Å²) in [6.45, 7) is 6.87. The number of carbonyl (C=O) groups is 5. The van der Waals surface area contributed by atoms with Gasteiger partial charge in [0.1, 0.15) is 12.1 Å². The number of hydrogen-bond donors (Lipinski definition) is 3. The first-order chi connectivity index (χ1) is 13.0. The van der Waals surface area contributed by atoms with Crippen LogP contribution in [0.25, 0.3) is 0 Å². The van der Waals surface area contributed by atoms with E-state index in [9.17, 15) is 24.0 Å². The maximum Gasteiger partial charge on any atom is 0.289 e. The summed E-state index contributed by atoms with van der Waals surface area (Å²) >= 11 is 0. The average molecular weight is 394 g/mol. The Morgan fingerprint density at radius 3 is 2.25 bits per heavy atom. The fraction of sp³-hybridized carbons (Fsp3) is 0.737. The number of Topliss-reactive ketones (excluding diaryl/α,β-unsaturated/α-hetero) is 1. The minimum atomic E-state index is -0.760. The molecule has 0 aromatic carbocycles. The van der Waals surface area contributed by atoms with Gasteiger partial charge in [-0.2, -0.15) is 0 Å². The number of nitrogens with one attached hydrogen (secondary N) is 3. The van der Waals surface area contributed by atoms with Crippen molar-refractivity contribution < 1.29 is 24.0 Å². The maximum atomic E-state index is 13.0. The Hall–Kier alpha value is -2.45. The predicted molar refractivity (Wildman–Crippen MR) is 101 cm³/mol. The molecule has 9 heteroatoms. The van der Waals surface area contributed by atoms with E-state index < -0.39 is 41.6 Å². The van der Waals surface area contributed by atoms with E-state index in [1.54, 1.807) is 0 Å². The number of carbonyl (C=O) groups excluding carboxylic acids is 5. The van der Waals surface area contributed by atoms with Crippen molar-refractivity contribution in [2.75, 3.05) is 13.1 Å². The third kappa shape index (κ3) is 5.77. The molecule has 2 aliphatic rings. The summed E-state index contributed by atoms with van der Waals surface area (Å²) in [5.74, 6) is -2.50. The van der Waals surface area contributed by atoms with Gasteiger partial charge in [0.25, 0.3) is 5.91 Å². The van der Waals surface area contributed by atoms with Crippen molar-refractivity contribution in [2.45, 2.75) is 71.5 Å². The Bertz CT molecular complexity index is 666. The van der Waals surface area contributed by atoms with E-state index in [0.717, 1.165) is 12.8 Å². The van der Waals surface area contributed by atoms with Crippen molar-refractivity contribution in [1.29, 1.82) is 0 Å². The summed E-state index contributed by atoms with van der Waals surface area (Å²) < 4.78 is 0. The lowest BCUT2D eigenvalue weighted by Crippen LogP contribution is -2.57. The zero-order valence-corrected chi connectivity index (χ0v) is 17.0. The Morgan fingerprint density at radius 2 is 1.71 bits per heavy atom. The molecule has 0 aromatic rings. The third-order valence-corrected chi connectivity index (χ3v) is 4.89. The van der Waals surface area contributed by atoms with E-state index in [1.165, 1.54) is 11.8 Å². The molecular weight excluding hydrogens is 364 g/mol. The van der Waals surface area contributed by atoms with Crippen LogP contribution in [0.4, 0.5) is 0 Å². The predicted octanol–water partition coefficient (Wildman–Crippen LogP) is -0.508. The van der Waals surface area contributed by atoms with E-state index in [0.29, 0.717) is 19.4 Å². The smallest absolute Gasteiger partial charge is 0.289 e. The van der Waals surface area contributed by atoms with Gasteiger partial charge in [-0.15, -0.1) is 0 Å². The van der Waals surface area contributed by atoms with Crippen LogP contribution in [0.15, 0.2) is 0 Å². The molecule has 0 spiro atoms. The van der Waals surface area contributed by atoms with Gasteiger partial charge < -0.3 is 20.9 Å². The lowest BCUT2D eigenvalue weighted by molar-refractivity contribution is -0.144. The summed E-state index contributed by atoms with van der Waals surface area (Å²) in [6.07, 6.45) is 2.86. The van der Waals surface area contributed by atoms with Gasteiger partial charge in [-0.1, -0.05) is 20.8 Å². The van der Waals surface area contributed by atoms with Crippen LogP contribution >= 0.6 is 0 Å². The molecule has 9 nitrogen and oxygen atoms in total. The Labute approximate surface area is 165 Å². The van der Waals surface area contributed by atoms with E-state index >= 15 is 0 Å². The van der Waals surface area contributed by atoms with Gasteiger partial charge in [0.15, 0.2) is 0 Å². The first-order valence-electron chi connectivity index (χ1n) is 9.69. The summed E-state index contributed by atoms with van der Waals surface area (Å²) in [4.78, 5) is 62.1. The van der Waals surface area contributed by atoms with Crippen LogP contribution in [-0.2, 0) is 24.0 Å². The number of rotatable bonds is 7. The molecule has 2 unspecified atom stereocenters. The van der Waals surface area contributed by atoms with E-state index in [4.69, 9.17) is 0 Å². The average Bonchev–Trinajstić information content (AvgIpc) is 3.27. The summed E-state index contributed by atoms with van der Waals surface area (Å²) in [7, 11) is 0. The summed E-state index contributed by atoms with van der Waals surface area (Å²) in [6, 6.07) is -1.41. The molecule has 1 aliphatic carbocycles. The molecule has 2 rings (SSSR count). The van der Waals surface area contributed by atoms with Gasteiger partial charge in [-0.3, -0.25) is 24.0 Å². The largest absolute Gasteiger partial charge is 0.347 e. The van der Waals surface area contributed by atoms with E-state index in [-0.39, 0.29) is 17.9 Å². The Balaban J connectivity index is 1.96. The SMILES string of the molecule is CC(=O)NC(C(=O)N1CCCC1C(=O)NCC(=O)C(=O)NC1CC1)C(C)(C)C. The molecule has 4 amide bonds. The van der Waals surface area contributed by atoms with E-state index in [1.807, 2.05) is 20.8 Å².